The van der Waals surface area contributed by atoms with E-state index < -0.39 is 30.9 Å². The maximum absolute atomic E-state index is 14.7. The lowest BCUT2D eigenvalue weighted by Crippen LogP contribution is -2.40. The van der Waals surface area contributed by atoms with Gasteiger partial charge in [0, 0.05) is 45.3 Å². The number of para-hydroxylation sites is 1. The van der Waals surface area contributed by atoms with E-state index in [0.29, 0.717) is 10.7 Å². The van der Waals surface area contributed by atoms with E-state index in [1.165, 1.54) is 0 Å². The number of hydrogen-bond donors (Lipinski definition) is 4. The number of anilines is 2. The first kappa shape index (κ1) is 31.6. The maximum atomic E-state index is 14.7. The van der Waals surface area contributed by atoms with E-state index in [9.17, 15) is 13.6 Å². The summed E-state index contributed by atoms with van der Waals surface area (Å²) in [4.78, 5) is 25.6. The van der Waals surface area contributed by atoms with Crippen molar-refractivity contribution < 1.29 is 23.0 Å². The van der Waals surface area contributed by atoms with E-state index in [-0.39, 0.29) is 59.6 Å². The molecule has 222 valence electrons. The molecule has 1 aromatic heterocycles. The highest BCUT2D eigenvalue weighted by molar-refractivity contribution is 6.12. The van der Waals surface area contributed by atoms with Crippen molar-refractivity contribution in [2.45, 2.75) is 6.54 Å². The SMILES string of the molecule is [N-]=[N+]=NCCOc1cc(F)c(CNc2ccccc2C(=N)c2ncc(N(N)C(=O)COCN=[N+]=[N-])c(N=NN)n2)c(F)c1. The number of rotatable bonds is 15. The number of ether oxygens (including phenoxy) is 2. The first-order valence-corrected chi connectivity index (χ1v) is 12.0. The predicted molar refractivity (Wildman–Crippen MR) is 148 cm³/mol. The molecule has 0 aliphatic heterocycles. The van der Waals surface area contributed by atoms with Gasteiger partial charge in [-0.25, -0.2) is 29.6 Å². The summed E-state index contributed by atoms with van der Waals surface area (Å²) < 4.78 is 39.5. The molecule has 20 heteroatoms. The molecule has 43 heavy (non-hydrogen) atoms. The van der Waals surface area contributed by atoms with Crippen LogP contribution >= 0.6 is 0 Å². The minimum absolute atomic E-state index is 0.00743. The Balaban J connectivity index is 1.80. The van der Waals surface area contributed by atoms with E-state index in [1.807, 2.05) is 0 Å². The molecular formula is C23H23F2N15O3. The summed E-state index contributed by atoms with van der Waals surface area (Å²) in [5, 5.41) is 25.5. The predicted octanol–water partition coefficient (Wildman–Crippen LogP) is 3.92. The largest absolute Gasteiger partial charge is 0.493 e. The van der Waals surface area contributed by atoms with Gasteiger partial charge < -0.3 is 20.6 Å². The van der Waals surface area contributed by atoms with Crippen LogP contribution in [-0.2, 0) is 16.1 Å². The molecule has 3 rings (SSSR count). The summed E-state index contributed by atoms with van der Waals surface area (Å²) in [5.41, 5.74) is 16.5. The molecule has 0 atom stereocenters. The first-order valence-electron chi connectivity index (χ1n) is 12.0. The smallest absolute Gasteiger partial charge is 0.267 e. The molecule has 0 radical (unpaired) electrons. The number of hydrazine groups is 1. The van der Waals surface area contributed by atoms with Crippen molar-refractivity contribution in [2.24, 2.45) is 32.3 Å². The molecule has 0 bridgehead atoms. The Bertz CT molecular complexity index is 1580. The Labute approximate surface area is 241 Å². The average molecular weight is 596 g/mol. The van der Waals surface area contributed by atoms with Crippen LogP contribution in [0.15, 0.2) is 63.2 Å². The number of azide groups is 2. The van der Waals surface area contributed by atoms with Crippen molar-refractivity contribution in [1.82, 2.24) is 9.97 Å². The highest BCUT2D eigenvalue weighted by Gasteiger charge is 2.21. The average Bonchev–Trinajstić information content (AvgIpc) is 3.00. The highest BCUT2D eigenvalue weighted by atomic mass is 19.1. The topological polar surface area (TPSA) is 275 Å². The van der Waals surface area contributed by atoms with E-state index >= 15 is 0 Å². The summed E-state index contributed by atoms with van der Waals surface area (Å²) in [6.45, 7) is -1.30. The van der Waals surface area contributed by atoms with Crippen LogP contribution in [0.1, 0.15) is 17.0 Å². The van der Waals surface area contributed by atoms with Gasteiger partial charge in [-0.15, -0.1) is 5.11 Å². The molecule has 1 amide bonds. The third-order valence-corrected chi connectivity index (χ3v) is 5.38. The van der Waals surface area contributed by atoms with Crippen molar-refractivity contribution in [2.75, 3.05) is 36.8 Å². The number of nitrogens with zero attached hydrogens (tertiary/aromatic N) is 11. The van der Waals surface area contributed by atoms with Crippen molar-refractivity contribution in [3.8, 4) is 5.75 Å². The van der Waals surface area contributed by atoms with Gasteiger partial charge in [0.25, 0.3) is 5.91 Å². The van der Waals surface area contributed by atoms with Gasteiger partial charge in [-0.3, -0.25) is 10.2 Å². The molecule has 3 aromatic rings. The van der Waals surface area contributed by atoms with Crippen LogP contribution in [0, 0.1) is 17.0 Å². The van der Waals surface area contributed by atoms with E-state index in [1.54, 1.807) is 24.3 Å². The van der Waals surface area contributed by atoms with Gasteiger partial charge in [0.1, 0.15) is 42.1 Å². The molecule has 0 fully saturated rings. The second-order valence-corrected chi connectivity index (χ2v) is 8.03. The minimum atomic E-state index is -0.876. The number of carbonyl (C=O) groups excluding carboxylic acids is 1. The van der Waals surface area contributed by atoms with Crippen LogP contribution in [-0.4, -0.2) is 48.1 Å². The number of benzene rings is 2. The summed E-state index contributed by atoms with van der Waals surface area (Å²) in [5.74, 6) is 8.01. The maximum Gasteiger partial charge on any atom is 0.267 e. The Morgan fingerprint density at radius 3 is 2.58 bits per heavy atom. The van der Waals surface area contributed by atoms with Gasteiger partial charge in [-0.1, -0.05) is 33.7 Å². The number of nitrogens with one attached hydrogen (secondary N) is 2. The van der Waals surface area contributed by atoms with Gasteiger partial charge in [-0.2, -0.15) is 0 Å². The molecule has 1 heterocycles. The second-order valence-electron chi connectivity index (χ2n) is 8.03. The summed E-state index contributed by atoms with van der Waals surface area (Å²) in [7, 11) is 0. The number of nitrogens with two attached hydrogens (primary N) is 2. The highest BCUT2D eigenvalue weighted by Crippen LogP contribution is 2.27. The molecule has 0 aliphatic rings. The molecule has 0 spiro atoms. The van der Waals surface area contributed by atoms with Crippen molar-refractivity contribution in [1.29, 1.82) is 5.41 Å². The zero-order valence-electron chi connectivity index (χ0n) is 22.1. The normalized spacial score (nSPS) is 10.5. The molecule has 0 aliphatic carbocycles. The molecule has 0 unspecified atom stereocenters. The summed E-state index contributed by atoms with van der Waals surface area (Å²) in [6.07, 6.45) is 1.11. The molecule has 6 N–H and O–H groups in total. The second kappa shape index (κ2) is 15.7. The Hall–Kier alpha value is -5.94. The third kappa shape index (κ3) is 8.52. The molecule has 0 saturated carbocycles. The van der Waals surface area contributed by atoms with Gasteiger partial charge in [0.05, 0.1) is 19.3 Å². The number of carbonyl (C=O) groups is 1. The molecular weight excluding hydrogens is 572 g/mol. The van der Waals surface area contributed by atoms with E-state index in [2.05, 4.69) is 45.7 Å². The van der Waals surface area contributed by atoms with Crippen LogP contribution in [0.25, 0.3) is 20.9 Å². The van der Waals surface area contributed by atoms with Crippen molar-refractivity contribution in [3.63, 3.8) is 0 Å². The van der Waals surface area contributed by atoms with Crippen LogP contribution in [0.2, 0.25) is 0 Å². The van der Waals surface area contributed by atoms with Crippen LogP contribution in [0.5, 0.6) is 5.75 Å². The van der Waals surface area contributed by atoms with Crippen LogP contribution in [0.4, 0.5) is 26.0 Å². The number of aromatic nitrogens is 2. The number of amides is 1. The summed E-state index contributed by atoms with van der Waals surface area (Å²) >= 11 is 0. The fourth-order valence-electron chi connectivity index (χ4n) is 3.43. The third-order valence-electron chi connectivity index (χ3n) is 5.38. The Morgan fingerprint density at radius 2 is 1.88 bits per heavy atom. The monoisotopic (exact) mass is 595 g/mol. The molecule has 18 nitrogen and oxygen atoms in total. The van der Waals surface area contributed by atoms with E-state index in [4.69, 9.17) is 37.6 Å². The van der Waals surface area contributed by atoms with Gasteiger partial charge in [0.2, 0.25) is 5.82 Å². The minimum Gasteiger partial charge on any atom is -0.493 e. The van der Waals surface area contributed by atoms with Crippen LogP contribution < -0.4 is 26.7 Å². The quantitative estimate of drug-likeness (QED) is 0.0291. The lowest BCUT2D eigenvalue weighted by atomic mass is 10.1. The van der Waals surface area contributed by atoms with Gasteiger partial charge >= 0.3 is 0 Å². The van der Waals surface area contributed by atoms with Crippen molar-refractivity contribution >= 4 is 28.8 Å². The fraction of sp³-hybridized carbons (Fsp3) is 0.217. The zero-order valence-corrected chi connectivity index (χ0v) is 22.1. The van der Waals surface area contributed by atoms with Gasteiger partial charge in [0.15, 0.2) is 5.82 Å². The Morgan fingerprint density at radius 1 is 1.16 bits per heavy atom. The van der Waals surface area contributed by atoms with Crippen molar-refractivity contribution in [3.05, 3.63) is 92.1 Å². The number of hydrogen-bond acceptors (Lipinski definition) is 12. The van der Waals surface area contributed by atoms with E-state index in [0.717, 1.165) is 18.3 Å². The zero-order chi connectivity index (χ0) is 31.2. The van der Waals surface area contributed by atoms with Crippen LogP contribution in [0.3, 0.4) is 0 Å². The lowest BCUT2D eigenvalue weighted by Gasteiger charge is -2.18. The fourth-order valence-corrected chi connectivity index (χ4v) is 3.43. The standard InChI is InChI=1S/C23H23F2N15O3/c24-16-7-13(43-6-5-33-37-27)8-17(25)15(16)9-31-18-4-2-1-3-14(18)21(26)23-32-10-19(22(35-23)36-39-29)40(30)20(41)11-42-12-34-38-28/h1-4,7-8,10,26,31H,5-6,9,11-12,30H2,(H2,29,32,35,36). The van der Waals surface area contributed by atoms with Gasteiger partial charge in [-0.05, 0) is 17.1 Å². The summed E-state index contributed by atoms with van der Waals surface area (Å²) in [6, 6.07) is 8.42. The molecule has 0 saturated heterocycles. The molecule has 2 aromatic carbocycles. The number of halogens is 2. The lowest BCUT2D eigenvalue weighted by molar-refractivity contribution is -0.123. The first-order chi connectivity index (χ1) is 20.8. The Kier molecular flexibility index (Phi) is 11.6.